The third kappa shape index (κ3) is 3.02. The molecule has 0 aromatic heterocycles. The highest BCUT2D eigenvalue weighted by atomic mass is 19.1. The lowest BCUT2D eigenvalue weighted by Gasteiger charge is -2.05. The summed E-state index contributed by atoms with van der Waals surface area (Å²) in [7, 11) is 0. The maximum absolute atomic E-state index is 13.6. The molecule has 0 saturated carbocycles. The van der Waals surface area contributed by atoms with E-state index in [1.807, 2.05) is 13.0 Å². The van der Waals surface area contributed by atoms with Crippen molar-refractivity contribution in [2.45, 2.75) is 26.7 Å². The van der Waals surface area contributed by atoms with E-state index in [2.05, 4.69) is 31.2 Å². The highest BCUT2D eigenvalue weighted by Crippen LogP contribution is 2.43. The minimum Gasteiger partial charge on any atom is -0.481 e. The Morgan fingerprint density at radius 1 is 1.12 bits per heavy atom. The van der Waals surface area contributed by atoms with Crippen LogP contribution in [0.25, 0.3) is 17.2 Å². The van der Waals surface area contributed by atoms with E-state index in [1.165, 1.54) is 17.7 Å². The lowest BCUT2D eigenvalue weighted by molar-refractivity contribution is -0.135. The molecule has 3 heteroatoms. The van der Waals surface area contributed by atoms with Gasteiger partial charge in [0, 0.05) is 0 Å². The number of hydrogen-bond acceptors (Lipinski definition) is 1. The number of aliphatic carboxylic acids is 1. The topological polar surface area (TPSA) is 37.3 Å². The first kappa shape index (κ1) is 16.2. The summed E-state index contributed by atoms with van der Waals surface area (Å²) < 4.78 is 13.6. The van der Waals surface area contributed by atoms with Crippen LogP contribution in [0.2, 0.25) is 0 Å². The highest BCUT2D eigenvalue weighted by Gasteiger charge is 2.25. The van der Waals surface area contributed by atoms with Gasteiger partial charge in [0.25, 0.3) is 0 Å². The van der Waals surface area contributed by atoms with Crippen molar-refractivity contribution < 1.29 is 14.3 Å². The second-order valence-corrected chi connectivity index (χ2v) is 6.02. The van der Waals surface area contributed by atoms with Gasteiger partial charge in [-0.25, -0.2) is 4.39 Å². The molecule has 1 aliphatic carbocycles. The minimum atomic E-state index is -0.909. The summed E-state index contributed by atoms with van der Waals surface area (Å²) in [5.41, 5.74) is 6.45. The monoisotopic (exact) mass is 322 g/mol. The molecule has 24 heavy (non-hydrogen) atoms. The minimum absolute atomic E-state index is 0.103. The van der Waals surface area contributed by atoms with Gasteiger partial charge < -0.3 is 5.11 Å². The van der Waals surface area contributed by atoms with Crippen molar-refractivity contribution in [1.29, 1.82) is 0 Å². The number of allylic oxidation sites excluding steroid dienone is 2. The van der Waals surface area contributed by atoms with Gasteiger partial charge in [-0.05, 0) is 70.5 Å². The lowest BCUT2D eigenvalue weighted by atomic mass is 10.00. The largest absolute Gasteiger partial charge is 0.481 e. The first-order valence-electron chi connectivity index (χ1n) is 8.02. The summed E-state index contributed by atoms with van der Waals surface area (Å²) in [6, 6.07) is 12.9. The molecule has 0 spiro atoms. The summed E-state index contributed by atoms with van der Waals surface area (Å²) in [5, 5.41) is 9.17. The summed E-state index contributed by atoms with van der Waals surface area (Å²) in [6.07, 6.45) is 2.93. The normalized spacial score (nSPS) is 15.0. The average Bonchev–Trinajstić information content (AvgIpc) is 2.80. The third-order valence-corrected chi connectivity index (χ3v) is 4.48. The van der Waals surface area contributed by atoms with Gasteiger partial charge in [-0.1, -0.05) is 37.3 Å². The molecule has 0 radical (unpaired) electrons. The van der Waals surface area contributed by atoms with Gasteiger partial charge in [0.15, 0.2) is 0 Å². The van der Waals surface area contributed by atoms with Crippen molar-refractivity contribution in [2.24, 2.45) is 0 Å². The molecule has 0 fully saturated rings. The van der Waals surface area contributed by atoms with E-state index in [9.17, 15) is 14.3 Å². The molecular weight excluding hydrogens is 303 g/mol. The maximum atomic E-state index is 13.6. The smallest absolute Gasteiger partial charge is 0.307 e. The number of hydrogen-bond donors (Lipinski definition) is 1. The fourth-order valence-corrected chi connectivity index (χ4v) is 3.15. The van der Waals surface area contributed by atoms with Crippen LogP contribution in [0.1, 0.15) is 42.5 Å². The van der Waals surface area contributed by atoms with Crippen molar-refractivity contribution in [3.05, 3.63) is 76.1 Å². The molecule has 0 unspecified atom stereocenters. The van der Waals surface area contributed by atoms with Crippen LogP contribution in [0.5, 0.6) is 0 Å². The van der Waals surface area contributed by atoms with Gasteiger partial charge in [-0.15, -0.1) is 0 Å². The Bertz CT molecular complexity index is 858. The zero-order valence-electron chi connectivity index (χ0n) is 13.8. The Labute approximate surface area is 141 Å². The van der Waals surface area contributed by atoms with Crippen LogP contribution in [0.3, 0.4) is 0 Å². The lowest BCUT2D eigenvalue weighted by Crippen LogP contribution is -1.97. The van der Waals surface area contributed by atoms with Gasteiger partial charge in [-0.3, -0.25) is 4.79 Å². The molecule has 0 aliphatic heterocycles. The van der Waals surface area contributed by atoms with E-state index in [-0.39, 0.29) is 12.2 Å². The Hall–Kier alpha value is -2.68. The van der Waals surface area contributed by atoms with Gasteiger partial charge in [0.05, 0.1) is 6.42 Å². The maximum Gasteiger partial charge on any atom is 0.307 e. The predicted octanol–water partition coefficient (Wildman–Crippen LogP) is 5.19. The molecule has 3 rings (SSSR count). The van der Waals surface area contributed by atoms with E-state index in [4.69, 9.17) is 0 Å². The second-order valence-electron chi connectivity index (χ2n) is 6.02. The molecule has 0 atom stereocenters. The molecule has 0 bridgehead atoms. The average molecular weight is 322 g/mol. The van der Waals surface area contributed by atoms with Crippen LogP contribution in [-0.4, -0.2) is 11.1 Å². The number of fused-ring (bicyclic) bond motifs is 1. The van der Waals surface area contributed by atoms with Gasteiger partial charge in [-0.2, -0.15) is 0 Å². The quantitative estimate of drug-likeness (QED) is 0.841. The zero-order chi connectivity index (χ0) is 17.3. The first-order valence-corrected chi connectivity index (χ1v) is 8.02. The van der Waals surface area contributed by atoms with E-state index >= 15 is 0 Å². The fraction of sp³-hybridized carbons (Fsp3) is 0.190. The Morgan fingerprint density at radius 3 is 2.46 bits per heavy atom. The highest BCUT2D eigenvalue weighted by molar-refractivity contribution is 6.07. The van der Waals surface area contributed by atoms with Crippen molar-refractivity contribution in [1.82, 2.24) is 0 Å². The molecular formula is C21H19FO2. The molecule has 0 saturated heterocycles. The number of carboxylic acid groups (broad SMARTS) is 1. The second kappa shape index (κ2) is 6.44. The third-order valence-electron chi connectivity index (χ3n) is 4.48. The number of carbonyl (C=O) groups is 1. The molecule has 2 nitrogen and oxygen atoms in total. The summed E-state index contributed by atoms with van der Waals surface area (Å²) in [5.74, 6) is -1.26. The van der Waals surface area contributed by atoms with Crippen LogP contribution in [0.15, 0.2) is 48.0 Å². The van der Waals surface area contributed by atoms with E-state index in [1.54, 1.807) is 6.07 Å². The number of aryl methyl sites for hydroxylation is 1. The predicted molar refractivity (Wildman–Crippen MR) is 94.9 cm³/mol. The van der Waals surface area contributed by atoms with Gasteiger partial charge in [0.2, 0.25) is 0 Å². The van der Waals surface area contributed by atoms with Crippen LogP contribution < -0.4 is 0 Å². The molecule has 0 heterocycles. The van der Waals surface area contributed by atoms with Crippen molar-refractivity contribution in [3.8, 4) is 0 Å². The van der Waals surface area contributed by atoms with Crippen molar-refractivity contribution >= 4 is 23.2 Å². The Morgan fingerprint density at radius 2 is 1.83 bits per heavy atom. The van der Waals surface area contributed by atoms with Crippen LogP contribution in [0.4, 0.5) is 4.39 Å². The molecule has 1 aliphatic rings. The molecule has 122 valence electrons. The molecule has 0 amide bonds. The summed E-state index contributed by atoms with van der Waals surface area (Å²) in [6.45, 7) is 4.02. The van der Waals surface area contributed by atoms with E-state index < -0.39 is 5.97 Å². The number of halogens is 1. The first-order chi connectivity index (χ1) is 11.5. The van der Waals surface area contributed by atoms with Crippen LogP contribution in [-0.2, 0) is 11.2 Å². The van der Waals surface area contributed by atoms with Crippen LogP contribution >= 0.6 is 0 Å². The summed E-state index contributed by atoms with van der Waals surface area (Å²) in [4.78, 5) is 11.2. The molecule has 2 aromatic rings. The number of rotatable bonds is 4. The Balaban J connectivity index is 2.11. The number of carboxylic acids is 1. The van der Waals surface area contributed by atoms with E-state index in [0.29, 0.717) is 11.1 Å². The van der Waals surface area contributed by atoms with Crippen molar-refractivity contribution in [2.75, 3.05) is 0 Å². The van der Waals surface area contributed by atoms with Gasteiger partial charge in [0.1, 0.15) is 5.82 Å². The van der Waals surface area contributed by atoms with Crippen LogP contribution in [0, 0.1) is 5.82 Å². The zero-order valence-corrected chi connectivity index (χ0v) is 13.8. The van der Waals surface area contributed by atoms with Crippen molar-refractivity contribution in [3.63, 3.8) is 0 Å². The van der Waals surface area contributed by atoms with Gasteiger partial charge >= 0.3 is 5.97 Å². The Kier molecular flexibility index (Phi) is 4.34. The number of benzene rings is 2. The fourth-order valence-electron chi connectivity index (χ4n) is 3.15. The SMILES string of the molecule is CCc1ccc(/C=C2/C(C)=C(CC(=O)O)c3cc(F)ccc32)cc1. The standard InChI is InChI=1S/C21H19FO2/c1-3-14-4-6-15(7-5-14)10-18-13(2)19(12-21(23)24)20-11-16(22)8-9-17(18)20/h4-11H,3,12H2,1-2H3,(H,23,24)/b18-10-. The molecule has 1 N–H and O–H groups in total. The van der Waals surface area contributed by atoms with E-state index in [0.717, 1.165) is 28.7 Å². The summed E-state index contributed by atoms with van der Waals surface area (Å²) >= 11 is 0. The molecule has 2 aromatic carbocycles.